The SMILES string of the molecule is Cc1cc(-c2nc(-c3ccc(I)c(C)c3)nc(-c3ccc(I)c(C)c3)n2)ccc1I. The van der Waals surface area contributed by atoms with Crippen LogP contribution in [0.25, 0.3) is 34.2 Å². The summed E-state index contributed by atoms with van der Waals surface area (Å²) in [7, 11) is 0. The molecule has 0 amide bonds. The Kier molecular flexibility index (Phi) is 6.73. The van der Waals surface area contributed by atoms with Crippen LogP contribution in [-0.2, 0) is 0 Å². The van der Waals surface area contributed by atoms with Gasteiger partial charge in [-0.2, -0.15) is 0 Å². The largest absolute Gasteiger partial charge is 0.208 e. The van der Waals surface area contributed by atoms with Crippen LogP contribution >= 0.6 is 67.8 Å². The summed E-state index contributed by atoms with van der Waals surface area (Å²) in [4.78, 5) is 14.6. The second-order valence-corrected chi connectivity index (χ2v) is 10.7. The maximum Gasteiger partial charge on any atom is 0.164 e. The van der Waals surface area contributed by atoms with Crippen LogP contribution in [0.2, 0.25) is 0 Å². The van der Waals surface area contributed by atoms with Crippen LogP contribution < -0.4 is 0 Å². The summed E-state index contributed by atoms with van der Waals surface area (Å²) in [5.41, 5.74) is 6.65. The lowest BCUT2D eigenvalue weighted by Gasteiger charge is -2.11. The van der Waals surface area contributed by atoms with Gasteiger partial charge in [0.15, 0.2) is 17.5 Å². The molecule has 0 aliphatic carbocycles. The second kappa shape index (κ2) is 9.15. The molecule has 0 spiro atoms. The molecule has 1 aromatic heterocycles. The van der Waals surface area contributed by atoms with E-state index in [1.807, 2.05) is 0 Å². The molecule has 30 heavy (non-hydrogen) atoms. The quantitative estimate of drug-likeness (QED) is 0.204. The number of aryl methyl sites for hydroxylation is 3. The van der Waals surface area contributed by atoms with Gasteiger partial charge in [0.25, 0.3) is 0 Å². The van der Waals surface area contributed by atoms with Gasteiger partial charge < -0.3 is 0 Å². The van der Waals surface area contributed by atoms with Crippen molar-refractivity contribution in [3.05, 3.63) is 82.0 Å². The Hall–Kier alpha value is -1.14. The van der Waals surface area contributed by atoms with Crippen molar-refractivity contribution in [3.63, 3.8) is 0 Å². The van der Waals surface area contributed by atoms with Gasteiger partial charge in [0, 0.05) is 27.4 Å². The van der Waals surface area contributed by atoms with Gasteiger partial charge in [-0.25, -0.2) is 15.0 Å². The summed E-state index contributed by atoms with van der Waals surface area (Å²) in [5.74, 6) is 2.09. The number of hydrogen-bond donors (Lipinski definition) is 0. The number of rotatable bonds is 3. The Bertz CT molecular complexity index is 1100. The molecule has 0 bridgehead atoms. The van der Waals surface area contributed by atoms with Crippen LogP contribution in [0.3, 0.4) is 0 Å². The van der Waals surface area contributed by atoms with Crippen molar-refractivity contribution in [1.29, 1.82) is 0 Å². The van der Waals surface area contributed by atoms with Crippen molar-refractivity contribution >= 4 is 67.8 Å². The molecular weight excluding hydrogens is 711 g/mol. The Morgan fingerprint density at radius 1 is 0.467 bits per heavy atom. The highest BCUT2D eigenvalue weighted by atomic mass is 127. The van der Waals surface area contributed by atoms with Crippen molar-refractivity contribution in [2.75, 3.05) is 0 Å². The van der Waals surface area contributed by atoms with E-state index in [1.165, 1.54) is 27.4 Å². The zero-order valence-electron chi connectivity index (χ0n) is 16.7. The van der Waals surface area contributed by atoms with Gasteiger partial charge in [-0.1, -0.05) is 18.2 Å². The van der Waals surface area contributed by atoms with Crippen molar-refractivity contribution in [3.8, 4) is 34.2 Å². The van der Waals surface area contributed by atoms with Crippen molar-refractivity contribution in [1.82, 2.24) is 15.0 Å². The number of hydrogen-bond acceptors (Lipinski definition) is 3. The molecule has 0 saturated heterocycles. The average Bonchev–Trinajstić information content (AvgIpc) is 2.73. The fraction of sp³-hybridized carbons (Fsp3) is 0.125. The Morgan fingerprint density at radius 2 is 0.733 bits per heavy atom. The van der Waals surface area contributed by atoms with Gasteiger partial charge in [-0.3, -0.25) is 0 Å². The summed E-state index contributed by atoms with van der Waals surface area (Å²) in [6, 6.07) is 19.0. The smallest absolute Gasteiger partial charge is 0.164 e. The molecule has 3 nitrogen and oxygen atoms in total. The number of benzene rings is 3. The van der Waals surface area contributed by atoms with Gasteiger partial charge in [0.05, 0.1) is 0 Å². The van der Waals surface area contributed by atoms with Crippen molar-refractivity contribution in [2.45, 2.75) is 20.8 Å². The summed E-state index contributed by atoms with van der Waals surface area (Å²) in [5, 5.41) is 0. The number of nitrogens with zero attached hydrogens (tertiary/aromatic N) is 3. The molecule has 6 heteroatoms. The molecule has 0 atom stereocenters. The van der Waals surface area contributed by atoms with E-state index >= 15 is 0 Å². The first kappa shape index (κ1) is 22.1. The zero-order valence-corrected chi connectivity index (χ0v) is 23.1. The van der Waals surface area contributed by atoms with E-state index in [9.17, 15) is 0 Å². The van der Waals surface area contributed by atoms with E-state index in [0.717, 1.165) is 16.7 Å². The van der Waals surface area contributed by atoms with Crippen molar-refractivity contribution < 1.29 is 0 Å². The molecule has 0 saturated carbocycles. The monoisotopic (exact) mass is 729 g/mol. The maximum atomic E-state index is 4.85. The van der Waals surface area contributed by atoms with E-state index < -0.39 is 0 Å². The molecule has 0 N–H and O–H groups in total. The van der Waals surface area contributed by atoms with Gasteiger partial charge >= 0.3 is 0 Å². The molecule has 150 valence electrons. The predicted molar refractivity (Wildman–Crippen MR) is 148 cm³/mol. The molecule has 0 fully saturated rings. The fourth-order valence-corrected chi connectivity index (χ4v) is 4.12. The summed E-state index contributed by atoms with van der Waals surface area (Å²) < 4.78 is 3.69. The van der Waals surface area contributed by atoms with Gasteiger partial charge in [0.1, 0.15) is 0 Å². The Labute approximate surface area is 217 Å². The Morgan fingerprint density at radius 3 is 0.967 bits per heavy atom. The van der Waals surface area contributed by atoms with Crippen LogP contribution in [0.5, 0.6) is 0 Å². The van der Waals surface area contributed by atoms with Gasteiger partial charge in [-0.15, -0.1) is 0 Å². The number of aromatic nitrogens is 3. The summed E-state index contributed by atoms with van der Waals surface area (Å²) >= 11 is 7.05. The summed E-state index contributed by atoms with van der Waals surface area (Å²) in [6.45, 7) is 6.33. The van der Waals surface area contributed by atoms with Crippen LogP contribution in [0.15, 0.2) is 54.6 Å². The summed E-state index contributed by atoms with van der Waals surface area (Å²) in [6.07, 6.45) is 0. The first-order valence-electron chi connectivity index (χ1n) is 9.37. The van der Waals surface area contributed by atoms with E-state index in [0.29, 0.717) is 17.5 Å². The third kappa shape index (κ3) is 4.69. The first-order valence-corrected chi connectivity index (χ1v) is 12.6. The molecule has 0 radical (unpaired) electrons. The fourth-order valence-electron chi connectivity index (χ4n) is 3.11. The lowest BCUT2D eigenvalue weighted by Crippen LogP contribution is -2.01. The maximum absolute atomic E-state index is 4.85. The van der Waals surface area contributed by atoms with Crippen molar-refractivity contribution in [2.24, 2.45) is 0 Å². The normalized spacial score (nSPS) is 11.0. The van der Waals surface area contributed by atoms with E-state index in [-0.39, 0.29) is 0 Å². The highest BCUT2D eigenvalue weighted by Crippen LogP contribution is 2.28. The first-order chi connectivity index (χ1) is 14.3. The average molecular weight is 729 g/mol. The van der Waals surface area contributed by atoms with Crippen LogP contribution in [0.1, 0.15) is 16.7 Å². The van der Waals surface area contributed by atoms with Crippen LogP contribution in [0.4, 0.5) is 0 Å². The zero-order chi connectivity index (χ0) is 21.4. The highest BCUT2D eigenvalue weighted by Gasteiger charge is 2.14. The molecule has 0 aliphatic rings. The molecule has 3 aromatic carbocycles. The minimum Gasteiger partial charge on any atom is -0.208 e. The standard InChI is InChI=1S/C24H18I3N3/c1-13-10-16(4-7-19(13)25)22-28-23(17-5-8-20(26)14(2)11-17)30-24(29-22)18-6-9-21(27)15(3)12-18/h4-12H,1-3H3. The predicted octanol–water partition coefficient (Wildman–Crippen LogP) is 7.61. The van der Waals surface area contributed by atoms with E-state index in [4.69, 9.17) is 15.0 Å². The lowest BCUT2D eigenvalue weighted by molar-refractivity contribution is 1.07. The Balaban J connectivity index is 1.94. The molecule has 0 unspecified atom stereocenters. The molecule has 4 aromatic rings. The minimum absolute atomic E-state index is 0.696. The third-order valence-electron chi connectivity index (χ3n) is 4.88. The molecular formula is C24H18I3N3. The van der Waals surface area contributed by atoms with Gasteiger partial charge in [0.2, 0.25) is 0 Å². The van der Waals surface area contributed by atoms with E-state index in [2.05, 4.69) is 143 Å². The molecule has 0 aliphatic heterocycles. The molecule has 1 heterocycles. The van der Waals surface area contributed by atoms with Gasteiger partial charge in [-0.05, 0) is 142 Å². The third-order valence-corrected chi connectivity index (χ3v) is 8.51. The van der Waals surface area contributed by atoms with Crippen LogP contribution in [-0.4, -0.2) is 15.0 Å². The second-order valence-electron chi connectivity index (χ2n) is 7.20. The van der Waals surface area contributed by atoms with E-state index in [1.54, 1.807) is 0 Å². The lowest BCUT2D eigenvalue weighted by atomic mass is 10.1. The minimum atomic E-state index is 0.696. The van der Waals surface area contributed by atoms with Crippen LogP contribution in [0, 0.1) is 31.5 Å². The topological polar surface area (TPSA) is 38.7 Å². The highest BCUT2D eigenvalue weighted by molar-refractivity contribution is 14.1. The molecule has 4 rings (SSSR count). The number of halogens is 3.